The van der Waals surface area contributed by atoms with Crippen molar-refractivity contribution in [3.63, 3.8) is 0 Å². The van der Waals surface area contributed by atoms with Crippen molar-refractivity contribution < 1.29 is 9.72 Å². The third kappa shape index (κ3) is 3.84. The van der Waals surface area contributed by atoms with Gasteiger partial charge >= 0.3 is 0 Å². The number of amides is 1. The lowest BCUT2D eigenvalue weighted by molar-refractivity contribution is -0.384. The van der Waals surface area contributed by atoms with E-state index >= 15 is 0 Å². The number of likely N-dealkylation sites (N-methyl/N-ethyl adjacent to an activating group) is 1. The zero-order valence-corrected chi connectivity index (χ0v) is 9.77. The van der Waals surface area contributed by atoms with Crippen LogP contribution in [0.25, 0.3) is 0 Å². The first kappa shape index (κ1) is 13.1. The molecule has 1 aromatic rings. The van der Waals surface area contributed by atoms with Crippen LogP contribution in [0.15, 0.2) is 24.3 Å². The first-order chi connectivity index (χ1) is 8.04. The lowest BCUT2D eigenvalue weighted by atomic mass is 10.2. The number of nitrogens with zero attached hydrogens (tertiary/aromatic N) is 1. The highest BCUT2D eigenvalue weighted by Crippen LogP contribution is 2.11. The standard InChI is InChI=1S/C11H15N3O3/c1-8(12-2)7-13-11(15)9-3-5-10(6-4-9)14(16)17/h3-6,8,12H,7H2,1-2H3,(H,13,15). The van der Waals surface area contributed by atoms with E-state index in [2.05, 4.69) is 10.6 Å². The number of nitro benzene ring substituents is 1. The second-order valence-electron chi connectivity index (χ2n) is 3.70. The Balaban J connectivity index is 2.61. The monoisotopic (exact) mass is 237 g/mol. The summed E-state index contributed by atoms with van der Waals surface area (Å²) >= 11 is 0. The van der Waals surface area contributed by atoms with Crippen LogP contribution in [0.4, 0.5) is 5.69 Å². The Morgan fingerprint density at radius 3 is 2.47 bits per heavy atom. The van der Waals surface area contributed by atoms with Crippen LogP contribution in [-0.2, 0) is 0 Å². The molecule has 0 aliphatic carbocycles. The molecular formula is C11H15N3O3. The van der Waals surface area contributed by atoms with E-state index in [9.17, 15) is 14.9 Å². The molecule has 0 aliphatic heterocycles. The van der Waals surface area contributed by atoms with E-state index < -0.39 is 4.92 Å². The van der Waals surface area contributed by atoms with Crippen LogP contribution >= 0.6 is 0 Å². The van der Waals surface area contributed by atoms with Crippen molar-refractivity contribution in [1.29, 1.82) is 0 Å². The van der Waals surface area contributed by atoms with Gasteiger partial charge in [-0.05, 0) is 26.1 Å². The average molecular weight is 237 g/mol. The van der Waals surface area contributed by atoms with Gasteiger partial charge in [-0.3, -0.25) is 14.9 Å². The molecule has 2 N–H and O–H groups in total. The van der Waals surface area contributed by atoms with Crippen molar-refractivity contribution in [2.45, 2.75) is 13.0 Å². The largest absolute Gasteiger partial charge is 0.350 e. The summed E-state index contributed by atoms with van der Waals surface area (Å²) in [7, 11) is 1.81. The van der Waals surface area contributed by atoms with Gasteiger partial charge in [-0.1, -0.05) is 0 Å². The molecule has 0 bridgehead atoms. The van der Waals surface area contributed by atoms with Crippen molar-refractivity contribution >= 4 is 11.6 Å². The van der Waals surface area contributed by atoms with Gasteiger partial charge in [-0.15, -0.1) is 0 Å². The summed E-state index contributed by atoms with van der Waals surface area (Å²) in [6, 6.07) is 5.69. The molecule has 1 aromatic carbocycles. The molecule has 1 amide bonds. The fraction of sp³-hybridized carbons (Fsp3) is 0.364. The fourth-order valence-electron chi connectivity index (χ4n) is 1.18. The first-order valence-electron chi connectivity index (χ1n) is 5.24. The molecule has 0 spiro atoms. The highest BCUT2D eigenvalue weighted by atomic mass is 16.6. The molecule has 0 aromatic heterocycles. The van der Waals surface area contributed by atoms with Crippen molar-refractivity contribution in [3.8, 4) is 0 Å². The number of non-ortho nitro benzene ring substituents is 1. The lowest BCUT2D eigenvalue weighted by Crippen LogP contribution is -2.37. The maximum Gasteiger partial charge on any atom is 0.269 e. The number of hydrogen-bond acceptors (Lipinski definition) is 4. The van der Waals surface area contributed by atoms with Crippen molar-refractivity contribution in [1.82, 2.24) is 10.6 Å². The number of carbonyl (C=O) groups excluding carboxylic acids is 1. The zero-order chi connectivity index (χ0) is 12.8. The highest BCUT2D eigenvalue weighted by molar-refractivity contribution is 5.94. The Labute approximate surface area is 99.2 Å². The quantitative estimate of drug-likeness (QED) is 0.589. The van der Waals surface area contributed by atoms with Crippen LogP contribution in [0, 0.1) is 10.1 Å². The van der Waals surface area contributed by atoms with Gasteiger partial charge in [0.05, 0.1) is 4.92 Å². The van der Waals surface area contributed by atoms with Crippen LogP contribution in [0.3, 0.4) is 0 Å². The van der Waals surface area contributed by atoms with E-state index in [4.69, 9.17) is 0 Å². The average Bonchev–Trinajstić information content (AvgIpc) is 2.35. The smallest absolute Gasteiger partial charge is 0.269 e. The Kier molecular flexibility index (Phi) is 4.59. The van der Waals surface area contributed by atoms with Crippen LogP contribution < -0.4 is 10.6 Å². The van der Waals surface area contributed by atoms with E-state index in [1.807, 2.05) is 14.0 Å². The van der Waals surface area contributed by atoms with E-state index in [1.54, 1.807) is 0 Å². The first-order valence-corrected chi connectivity index (χ1v) is 5.24. The minimum absolute atomic E-state index is 0.0230. The van der Waals surface area contributed by atoms with Crippen molar-refractivity contribution in [2.75, 3.05) is 13.6 Å². The highest BCUT2D eigenvalue weighted by Gasteiger charge is 2.09. The lowest BCUT2D eigenvalue weighted by Gasteiger charge is -2.11. The van der Waals surface area contributed by atoms with Gasteiger partial charge in [-0.2, -0.15) is 0 Å². The van der Waals surface area contributed by atoms with Gasteiger partial charge in [0.1, 0.15) is 0 Å². The summed E-state index contributed by atoms with van der Waals surface area (Å²) in [4.78, 5) is 21.6. The molecule has 0 aliphatic rings. The van der Waals surface area contributed by atoms with Gasteiger partial charge in [-0.25, -0.2) is 0 Å². The second kappa shape index (κ2) is 5.95. The molecule has 1 rings (SSSR count). The Bertz CT molecular complexity index is 403. The number of rotatable bonds is 5. The maximum absolute atomic E-state index is 11.6. The molecule has 1 unspecified atom stereocenters. The molecule has 0 fully saturated rings. The van der Waals surface area contributed by atoms with Crippen LogP contribution in [0.5, 0.6) is 0 Å². The van der Waals surface area contributed by atoms with Crippen LogP contribution in [0.2, 0.25) is 0 Å². The summed E-state index contributed by atoms with van der Waals surface area (Å²) in [5.41, 5.74) is 0.393. The zero-order valence-electron chi connectivity index (χ0n) is 9.77. The van der Waals surface area contributed by atoms with Crippen molar-refractivity contribution in [3.05, 3.63) is 39.9 Å². The minimum atomic E-state index is -0.495. The summed E-state index contributed by atoms with van der Waals surface area (Å²) < 4.78 is 0. The Hall–Kier alpha value is -1.95. The number of nitro groups is 1. The third-order valence-corrected chi connectivity index (χ3v) is 2.40. The van der Waals surface area contributed by atoms with Crippen molar-refractivity contribution in [2.24, 2.45) is 0 Å². The number of hydrogen-bond donors (Lipinski definition) is 2. The van der Waals surface area contributed by atoms with Gasteiger partial charge in [0.25, 0.3) is 11.6 Å². The van der Waals surface area contributed by atoms with E-state index in [1.165, 1.54) is 24.3 Å². The number of carbonyl (C=O) groups is 1. The van der Waals surface area contributed by atoms with Gasteiger partial charge < -0.3 is 10.6 Å². The van der Waals surface area contributed by atoms with E-state index in [0.717, 1.165) is 0 Å². The molecule has 6 heteroatoms. The molecule has 1 atom stereocenters. The molecule has 92 valence electrons. The predicted molar refractivity (Wildman–Crippen MR) is 64.0 cm³/mol. The minimum Gasteiger partial charge on any atom is -0.350 e. The molecule has 0 radical (unpaired) electrons. The Morgan fingerprint density at radius 1 is 1.41 bits per heavy atom. The Morgan fingerprint density at radius 2 is 2.00 bits per heavy atom. The molecule has 17 heavy (non-hydrogen) atoms. The van der Waals surface area contributed by atoms with Gasteiger partial charge in [0, 0.05) is 30.3 Å². The fourth-order valence-corrected chi connectivity index (χ4v) is 1.18. The van der Waals surface area contributed by atoms with Gasteiger partial charge in [0.2, 0.25) is 0 Å². The number of nitrogens with one attached hydrogen (secondary N) is 2. The maximum atomic E-state index is 11.6. The number of benzene rings is 1. The molecule has 0 saturated carbocycles. The molecule has 0 heterocycles. The van der Waals surface area contributed by atoms with E-state index in [0.29, 0.717) is 12.1 Å². The molecular weight excluding hydrogens is 222 g/mol. The topological polar surface area (TPSA) is 84.3 Å². The molecule has 0 saturated heterocycles. The normalized spacial score (nSPS) is 11.9. The van der Waals surface area contributed by atoms with Crippen LogP contribution in [0.1, 0.15) is 17.3 Å². The summed E-state index contributed by atoms with van der Waals surface area (Å²) in [6.45, 7) is 2.45. The summed E-state index contributed by atoms with van der Waals surface area (Å²) in [6.07, 6.45) is 0. The summed E-state index contributed by atoms with van der Waals surface area (Å²) in [5.74, 6) is -0.234. The summed E-state index contributed by atoms with van der Waals surface area (Å²) in [5, 5.41) is 16.2. The predicted octanol–water partition coefficient (Wildman–Crippen LogP) is 0.932. The SMILES string of the molecule is CNC(C)CNC(=O)c1ccc([N+](=O)[O-])cc1. The third-order valence-electron chi connectivity index (χ3n) is 2.40. The van der Waals surface area contributed by atoms with E-state index in [-0.39, 0.29) is 17.6 Å². The molecule has 6 nitrogen and oxygen atoms in total. The second-order valence-corrected chi connectivity index (χ2v) is 3.70. The van der Waals surface area contributed by atoms with Gasteiger partial charge in [0.15, 0.2) is 0 Å². The van der Waals surface area contributed by atoms with Crippen LogP contribution in [-0.4, -0.2) is 30.5 Å².